The zero-order chi connectivity index (χ0) is 15.1. The van der Waals surface area contributed by atoms with Crippen LogP contribution in [0.2, 0.25) is 0 Å². The molecule has 116 valence electrons. The molecule has 0 aromatic carbocycles. The number of thiophene rings is 1. The Morgan fingerprint density at radius 2 is 1.65 bits per heavy atom. The van der Waals surface area contributed by atoms with E-state index in [1.807, 2.05) is 11.3 Å². The zero-order valence-electron chi connectivity index (χ0n) is 13.9. The van der Waals surface area contributed by atoms with E-state index in [0.717, 1.165) is 31.5 Å². The molecule has 0 saturated carbocycles. The van der Waals surface area contributed by atoms with Crippen molar-refractivity contribution in [3.05, 3.63) is 21.9 Å². The van der Waals surface area contributed by atoms with E-state index in [2.05, 4.69) is 51.0 Å². The molecule has 0 aliphatic heterocycles. The molecule has 0 radical (unpaired) electrons. The first-order chi connectivity index (χ1) is 9.45. The molecule has 0 bridgehead atoms. The summed E-state index contributed by atoms with van der Waals surface area (Å²) in [7, 11) is 0. The Hall–Kier alpha value is -0.380. The maximum absolute atomic E-state index is 6.11. The van der Waals surface area contributed by atoms with Gasteiger partial charge in [0.05, 0.1) is 6.04 Å². The van der Waals surface area contributed by atoms with Crippen molar-refractivity contribution in [1.29, 1.82) is 0 Å². The largest absolute Gasteiger partial charge is 0.329 e. The van der Waals surface area contributed by atoms with Crippen molar-refractivity contribution in [2.24, 2.45) is 17.6 Å². The maximum atomic E-state index is 6.11. The van der Waals surface area contributed by atoms with Crippen molar-refractivity contribution < 1.29 is 0 Å². The van der Waals surface area contributed by atoms with E-state index >= 15 is 0 Å². The lowest BCUT2D eigenvalue weighted by Gasteiger charge is -2.32. The predicted octanol–water partition coefficient (Wildman–Crippen LogP) is 4.45. The Balaban J connectivity index is 2.79. The average Bonchev–Trinajstić information content (AvgIpc) is 2.78. The van der Waals surface area contributed by atoms with Gasteiger partial charge in [-0.05, 0) is 61.7 Å². The summed E-state index contributed by atoms with van der Waals surface area (Å²) in [5.41, 5.74) is 7.50. The van der Waals surface area contributed by atoms with E-state index in [0.29, 0.717) is 6.04 Å². The zero-order valence-corrected chi connectivity index (χ0v) is 14.7. The van der Waals surface area contributed by atoms with E-state index in [9.17, 15) is 0 Å². The summed E-state index contributed by atoms with van der Waals surface area (Å²) < 4.78 is 0. The second kappa shape index (κ2) is 8.81. The van der Waals surface area contributed by atoms with Gasteiger partial charge in [0.15, 0.2) is 0 Å². The van der Waals surface area contributed by atoms with Gasteiger partial charge in [-0.1, -0.05) is 27.7 Å². The highest BCUT2D eigenvalue weighted by molar-refractivity contribution is 7.10. The second-order valence-electron chi connectivity index (χ2n) is 6.62. The topological polar surface area (TPSA) is 29.3 Å². The van der Waals surface area contributed by atoms with Crippen LogP contribution in [0.1, 0.15) is 57.0 Å². The van der Waals surface area contributed by atoms with Gasteiger partial charge >= 0.3 is 0 Å². The first-order valence-corrected chi connectivity index (χ1v) is 8.81. The van der Waals surface area contributed by atoms with Crippen LogP contribution in [0.4, 0.5) is 0 Å². The molecule has 20 heavy (non-hydrogen) atoms. The number of hydrogen-bond acceptors (Lipinski definition) is 3. The molecule has 0 fully saturated rings. The molecule has 1 unspecified atom stereocenters. The average molecular weight is 297 g/mol. The number of aryl methyl sites for hydroxylation is 1. The summed E-state index contributed by atoms with van der Waals surface area (Å²) in [5.74, 6) is 1.50. The van der Waals surface area contributed by atoms with Crippen LogP contribution < -0.4 is 5.73 Å². The highest BCUT2D eigenvalue weighted by Gasteiger charge is 2.21. The fourth-order valence-electron chi connectivity index (χ4n) is 2.42. The molecule has 0 aliphatic rings. The first kappa shape index (κ1) is 17.7. The minimum absolute atomic E-state index is 0.396. The van der Waals surface area contributed by atoms with Crippen molar-refractivity contribution >= 4 is 11.3 Å². The van der Waals surface area contributed by atoms with Gasteiger partial charge in [0.1, 0.15) is 0 Å². The van der Waals surface area contributed by atoms with Crippen LogP contribution in [0.15, 0.2) is 11.4 Å². The fourth-order valence-corrected chi connectivity index (χ4v) is 3.49. The molecule has 3 heteroatoms. The second-order valence-corrected chi connectivity index (χ2v) is 7.57. The Kier molecular flexibility index (Phi) is 7.78. The quantitative estimate of drug-likeness (QED) is 0.729. The van der Waals surface area contributed by atoms with E-state index in [-0.39, 0.29) is 0 Å². The monoisotopic (exact) mass is 296 g/mol. The summed E-state index contributed by atoms with van der Waals surface area (Å²) in [5, 5.41) is 2.19. The van der Waals surface area contributed by atoms with E-state index in [1.54, 1.807) is 0 Å². The van der Waals surface area contributed by atoms with Crippen LogP contribution >= 0.6 is 11.3 Å². The van der Waals surface area contributed by atoms with Crippen molar-refractivity contribution in [2.75, 3.05) is 19.6 Å². The third kappa shape index (κ3) is 5.55. The Labute approximate surface area is 129 Å². The van der Waals surface area contributed by atoms with Gasteiger partial charge in [-0.3, -0.25) is 4.90 Å². The Morgan fingerprint density at radius 1 is 1.10 bits per heavy atom. The highest BCUT2D eigenvalue weighted by atomic mass is 32.1. The molecule has 0 spiro atoms. The normalized spacial score (nSPS) is 13.7. The summed E-state index contributed by atoms with van der Waals surface area (Å²) in [4.78, 5) is 4.07. The van der Waals surface area contributed by atoms with Crippen molar-refractivity contribution in [2.45, 2.75) is 53.5 Å². The molecule has 1 aromatic heterocycles. The maximum Gasteiger partial charge on any atom is 0.0566 e. The summed E-state index contributed by atoms with van der Waals surface area (Å²) in [6, 6.07) is 2.61. The smallest absolute Gasteiger partial charge is 0.0566 e. The van der Waals surface area contributed by atoms with Gasteiger partial charge in [0, 0.05) is 11.4 Å². The van der Waals surface area contributed by atoms with Gasteiger partial charge in [-0.2, -0.15) is 0 Å². The lowest BCUT2D eigenvalue weighted by atomic mass is 10.0. The SMILES string of the molecule is Cc1ccsc1C(CN)N(CCC(C)C)CCC(C)C. The third-order valence-electron chi connectivity index (χ3n) is 3.86. The number of nitrogens with zero attached hydrogens (tertiary/aromatic N) is 1. The summed E-state index contributed by atoms with van der Waals surface area (Å²) >= 11 is 1.86. The molecule has 0 amide bonds. The van der Waals surface area contributed by atoms with E-state index < -0.39 is 0 Å². The Morgan fingerprint density at radius 3 is 2.00 bits per heavy atom. The third-order valence-corrected chi connectivity index (χ3v) is 4.98. The lowest BCUT2D eigenvalue weighted by Crippen LogP contribution is -2.36. The number of nitrogens with two attached hydrogens (primary N) is 1. The molecule has 1 aromatic rings. The standard InChI is InChI=1S/C17H32N2S/c1-13(2)6-9-19(10-7-14(3)4)16(12-18)17-15(5)8-11-20-17/h8,11,13-14,16H,6-7,9-10,12,18H2,1-5H3. The van der Waals surface area contributed by atoms with Gasteiger partial charge in [-0.15, -0.1) is 11.3 Å². The lowest BCUT2D eigenvalue weighted by molar-refractivity contribution is 0.183. The summed E-state index contributed by atoms with van der Waals surface area (Å²) in [6.45, 7) is 14.4. The number of hydrogen-bond donors (Lipinski definition) is 1. The first-order valence-electron chi connectivity index (χ1n) is 7.93. The van der Waals surface area contributed by atoms with Gasteiger partial charge in [0.25, 0.3) is 0 Å². The predicted molar refractivity (Wildman–Crippen MR) is 91.3 cm³/mol. The molecule has 0 saturated heterocycles. The number of rotatable bonds is 9. The molecular formula is C17H32N2S. The molecular weight excluding hydrogens is 264 g/mol. The van der Waals surface area contributed by atoms with Gasteiger partial charge in [-0.25, -0.2) is 0 Å². The van der Waals surface area contributed by atoms with Crippen LogP contribution in [-0.4, -0.2) is 24.5 Å². The fraction of sp³-hybridized carbons (Fsp3) is 0.765. The van der Waals surface area contributed by atoms with Gasteiger partial charge in [0.2, 0.25) is 0 Å². The van der Waals surface area contributed by atoms with Crippen molar-refractivity contribution in [1.82, 2.24) is 4.90 Å². The molecule has 1 atom stereocenters. The van der Waals surface area contributed by atoms with Crippen LogP contribution in [-0.2, 0) is 0 Å². The van der Waals surface area contributed by atoms with Crippen LogP contribution in [0.3, 0.4) is 0 Å². The van der Waals surface area contributed by atoms with E-state index in [1.165, 1.54) is 23.3 Å². The minimum Gasteiger partial charge on any atom is -0.329 e. The molecule has 1 heterocycles. The van der Waals surface area contributed by atoms with Crippen molar-refractivity contribution in [3.8, 4) is 0 Å². The highest BCUT2D eigenvalue weighted by Crippen LogP contribution is 2.29. The molecule has 2 nitrogen and oxygen atoms in total. The molecule has 2 N–H and O–H groups in total. The molecule has 1 rings (SSSR count). The van der Waals surface area contributed by atoms with E-state index in [4.69, 9.17) is 5.73 Å². The van der Waals surface area contributed by atoms with Crippen molar-refractivity contribution in [3.63, 3.8) is 0 Å². The van der Waals surface area contributed by atoms with Crippen LogP contribution in [0.5, 0.6) is 0 Å². The van der Waals surface area contributed by atoms with Crippen LogP contribution in [0, 0.1) is 18.8 Å². The minimum atomic E-state index is 0.396. The van der Waals surface area contributed by atoms with Gasteiger partial charge < -0.3 is 5.73 Å². The summed E-state index contributed by atoms with van der Waals surface area (Å²) in [6.07, 6.45) is 2.50. The van der Waals surface area contributed by atoms with Crippen LogP contribution in [0.25, 0.3) is 0 Å². The molecule has 0 aliphatic carbocycles. The Bertz CT molecular complexity index is 359.